The zero-order valence-electron chi connectivity index (χ0n) is 14.5. The largest absolute Gasteiger partial charge is 0.468 e. The van der Waals surface area contributed by atoms with Crippen molar-refractivity contribution in [1.29, 1.82) is 0 Å². The second-order valence-corrected chi connectivity index (χ2v) is 6.64. The number of fused-ring (bicyclic) bond motifs is 1. The molecule has 0 spiro atoms. The molecule has 128 valence electrons. The normalized spacial score (nSPS) is 16.2. The lowest BCUT2D eigenvalue weighted by Crippen LogP contribution is -2.36. The van der Waals surface area contributed by atoms with Gasteiger partial charge in [0.2, 0.25) is 5.91 Å². The maximum absolute atomic E-state index is 12.2. The Hall–Kier alpha value is -2.07. The minimum absolute atomic E-state index is 0.00127. The molecular formula is C20H26N2O2. The molecule has 0 saturated heterocycles. The SMILES string of the molecule is C[C@@H](NC(=O)CN[C@H](C)c1ccco1)c1ccc2c(c1)CCCC2. The van der Waals surface area contributed by atoms with E-state index in [2.05, 4.69) is 28.8 Å². The molecule has 0 aliphatic heterocycles. The van der Waals surface area contributed by atoms with Crippen molar-refractivity contribution in [2.24, 2.45) is 0 Å². The molecule has 0 radical (unpaired) electrons. The Bertz CT molecular complexity index is 679. The van der Waals surface area contributed by atoms with Crippen LogP contribution in [0.2, 0.25) is 0 Å². The number of aryl methyl sites for hydroxylation is 2. The molecule has 2 aromatic rings. The van der Waals surface area contributed by atoms with Gasteiger partial charge in [0.1, 0.15) is 5.76 Å². The first-order valence-corrected chi connectivity index (χ1v) is 8.81. The highest BCUT2D eigenvalue weighted by atomic mass is 16.3. The first kappa shape index (κ1) is 16.8. The summed E-state index contributed by atoms with van der Waals surface area (Å²) in [5.74, 6) is 0.837. The number of rotatable bonds is 6. The molecule has 0 unspecified atom stereocenters. The average Bonchev–Trinajstić information content (AvgIpc) is 3.14. The molecule has 0 fully saturated rings. The summed E-state index contributed by atoms with van der Waals surface area (Å²) in [5, 5.41) is 6.26. The van der Waals surface area contributed by atoms with Crippen molar-refractivity contribution in [2.75, 3.05) is 6.54 Å². The van der Waals surface area contributed by atoms with Crippen molar-refractivity contribution in [3.8, 4) is 0 Å². The first-order chi connectivity index (χ1) is 11.6. The van der Waals surface area contributed by atoms with E-state index in [1.807, 2.05) is 26.0 Å². The quantitative estimate of drug-likeness (QED) is 0.851. The second-order valence-electron chi connectivity index (χ2n) is 6.64. The monoisotopic (exact) mass is 326 g/mol. The lowest BCUT2D eigenvalue weighted by molar-refractivity contribution is -0.121. The molecule has 24 heavy (non-hydrogen) atoms. The summed E-state index contributed by atoms with van der Waals surface area (Å²) in [6.45, 7) is 4.30. The summed E-state index contributed by atoms with van der Waals surface area (Å²) in [4.78, 5) is 12.2. The Morgan fingerprint density at radius 3 is 2.67 bits per heavy atom. The van der Waals surface area contributed by atoms with Crippen molar-refractivity contribution in [3.63, 3.8) is 0 Å². The molecule has 1 aromatic carbocycles. The van der Waals surface area contributed by atoms with Crippen LogP contribution < -0.4 is 10.6 Å². The van der Waals surface area contributed by atoms with Crippen LogP contribution in [0.3, 0.4) is 0 Å². The molecule has 4 nitrogen and oxygen atoms in total. The fourth-order valence-electron chi connectivity index (χ4n) is 3.28. The van der Waals surface area contributed by atoms with Crippen LogP contribution in [-0.2, 0) is 17.6 Å². The van der Waals surface area contributed by atoms with Gasteiger partial charge in [-0.25, -0.2) is 0 Å². The lowest BCUT2D eigenvalue weighted by Gasteiger charge is -2.20. The van der Waals surface area contributed by atoms with E-state index in [9.17, 15) is 4.79 Å². The molecule has 1 aliphatic rings. The molecule has 0 saturated carbocycles. The van der Waals surface area contributed by atoms with Crippen LogP contribution in [0.5, 0.6) is 0 Å². The predicted octanol–water partition coefficient (Wildman–Crippen LogP) is 3.69. The van der Waals surface area contributed by atoms with Gasteiger partial charge < -0.3 is 9.73 Å². The standard InChI is InChI=1S/C20H26N2O2/c1-14(17-10-9-16-6-3-4-7-18(16)12-17)22-20(23)13-21-15(2)19-8-5-11-24-19/h5,8-12,14-15,21H,3-4,6-7,13H2,1-2H3,(H,22,23)/t14-,15-/m1/s1. The molecule has 2 atom stereocenters. The van der Waals surface area contributed by atoms with Crippen molar-refractivity contribution in [3.05, 3.63) is 59.0 Å². The minimum atomic E-state index is -0.00127. The third-order valence-corrected chi connectivity index (χ3v) is 4.79. The molecule has 1 aromatic heterocycles. The van der Waals surface area contributed by atoms with Gasteiger partial charge in [-0.05, 0) is 68.4 Å². The highest BCUT2D eigenvalue weighted by Crippen LogP contribution is 2.24. The zero-order chi connectivity index (χ0) is 16.9. The first-order valence-electron chi connectivity index (χ1n) is 8.81. The van der Waals surface area contributed by atoms with Gasteiger partial charge in [-0.1, -0.05) is 18.2 Å². The van der Waals surface area contributed by atoms with E-state index in [1.165, 1.54) is 36.0 Å². The summed E-state index contributed by atoms with van der Waals surface area (Å²) in [5.41, 5.74) is 4.10. The fourth-order valence-corrected chi connectivity index (χ4v) is 3.28. The van der Waals surface area contributed by atoms with Gasteiger partial charge in [0.25, 0.3) is 0 Å². The Morgan fingerprint density at radius 1 is 1.12 bits per heavy atom. The number of carbonyl (C=O) groups excluding carboxylic acids is 1. The smallest absolute Gasteiger partial charge is 0.234 e. The van der Waals surface area contributed by atoms with Crippen molar-refractivity contribution in [1.82, 2.24) is 10.6 Å². The van der Waals surface area contributed by atoms with E-state index >= 15 is 0 Å². The molecular weight excluding hydrogens is 300 g/mol. The number of furan rings is 1. The average molecular weight is 326 g/mol. The number of nitrogens with one attached hydrogen (secondary N) is 2. The number of hydrogen-bond donors (Lipinski definition) is 2. The Balaban J connectivity index is 1.52. The van der Waals surface area contributed by atoms with E-state index in [4.69, 9.17) is 4.42 Å². The van der Waals surface area contributed by atoms with Gasteiger partial charge in [-0.3, -0.25) is 10.1 Å². The second kappa shape index (κ2) is 7.67. The highest BCUT2D eigenvalue weighted by Gasteiger charge is 2.15. The molecule has 1 aliphatic carbocycles. The van der Waals surface area contributed by atoms with Crippen LogP contribution in [0, 0.1) is 0 Å². The van der Waals surface area contributed by atoms with Gasteiger partial charge >= 0.3 is 0 Å². The number of benzene rings is 1. The predicted molar refractivity (Wildman–Crippen MR) is 94.8 cm³/mol. The molecule has 2 N–H and O–H groups in total. The Morgan fingerprint density at radius 2 is 1.92 bits per heavy atom. The molecule has 1 heterocycles. The Labute approximate surface area is 143 Å². The van der Waals surface area contributed by atoms with E-state index in [0.717, 1.165) is 12.2 Å². The molecule has 0 bridgehead atoms. The summed E-state index contributed by atoms with van der Waals surface area (Å²) < 4.78 is 5.34. The van der Waals surface area contributed by atoms with Gasteiger partial charge in [0, 0.05) is 0 Å². The number of carbonyl (C=O) groups is 1. The van der Waals surface area contributed by atoms with Crippen LogP contribution in [0.25, 0.3) is 0 Å². The third kappa shape index (κ3) is 4.06. The lowest BCUT2D eigenvalue weighted by atomic mass is 9.89. The summed E-state index contributed by atoms with van der Waals surface area (Å²) in [6.07, 6.45) is 6.55. The topological polar surface area (TPSA) is 54.3 Å². The van der Waals surface area contributed by atoms with Crippen molar-refractivity contribution >= 4 is 5.91 Å². The molecule has 1 amide bonds. The van der Waals surface area contributed by atoms with E-state index in [0.29, 0.717) is 0 Å². The summed E-state index contributed by atoms with van der Waals surface area (Å²) in [7, 11) is 0. The van der Waals surface area contributed by atoms with Crippen LogP contribution in [0.1, 0.15) is 61.2 Å². The van der Waals surface area contributed by atoms with E-state index < -0.39 is 0 Å². The van der Waals surface area contributed by atoms with Crippen LogP contribution in [-0.4, -0.2) is 12.5 Å². The maximum Gasteiger partial charge on any atom is 0.234 e. The van der Waals surface area contributed by atoms with Crippen LogP contribution in [0.4, 0.5) is 0 Å². The molecule has 3 rings (SSSR count). The highest BCUT2D eigenvalue weighted by molar-refractivity contribution is 5.78. The third-order valence-electron chi connectivity index (χ3n) is 4.79. The van der Waals surface area contributed by atoms with Gasteiger partial charge in [0.05, 0.1) is 24.9 Å². The fraction of sp³-hybridized carbons (Fsp3) is 0.450. The van der Waals surface area contributed by atoms with Gasteiger partial charge in [-0.15, -0.1) is 0 Å². The van der Waals surface area contributed by atoms with Crippen molar-refractivity contribution < 1.29 is 9.21 Å². The number of amides is 1. The molecule has 4 heteroatoms. The van der Waals surface area contributed by atoms with Gasteiger partial charge in [-0.2, -0.15) is 0 Å². The maximum atomic E-state index is 12.2. The zero-order valence-corrected chi connectivity index (χ0v) is 14.5. The minimum Gasteiger partial charge on any atom is -0.468 e. The van der Waals surface area contributed by atoms with E-state index in [-0.39, 0.29) is 24.5 Å². The number of hydrogen-bond acceptors (Lipinski definition) is 3. The Kier molecular flexibility index (Phi) is 5.36. The summed E-state index contributed by atoms with van der Waals surface area (Å²) in [6, 6.07) is 10.4. The van der Waals surface area contributed by atoms with E-state index in [1.54, 1.807) is 6.26 Å². The van der Waals surface area contributed by atoms with Gasteiger partial charge in [0.15, 0.2) is 0 Å². The van der Waals surface area contributed by atoms with Crippen LogP contribution >= 0.6 is 0 Å². The van der Waals surface area contributed by atoms with Crippen molar-refractivity contribution in [2.45, 2.75) is 51.6 Å². The summed E-state index contributed by atoms with van der Waals surface area (Å²) >= 11 is 0. The van der Waals surface area contributed by atoms with Crippen LogP contribution in [0.15, 0.2) is 41.0 Å².